The number of ketones is 1. The maximum Gasteiger partial charge on any atom is 0.207 e. The van der Waals surface area contributed by atoms with Crippen molar-refractivity contribution in [2.75, 3.05) is 6.54 Å². The van der Waals surface area contributed by atoms with E-state index in [2.05, 4.69) is 35.4 Å². The van der Waals surface area contributed by atoms with E-state index < -0.39 is 0 Å². The van der Waals surface area contributed by atoms with Gasteiger partial charge in [0.05, 0.1) is 11.6 Å². The summed E-state index contributed by atoms with van der Waals surface area (Å²) in [6.45, 7) is 1.92. The largest absolute Gasteiger partial charge is 0.358 e. The third kappa shape index (κ3) is 6.74. The number of nitriles is 1. The van der Waals surface area contributed by atoms with Gasteiger partial charge in [-0.1, -0.05) is 48.3 Å². The number of hydrogen-bond acceptors (Lipinski definition) is 3. The molecule has 1 aliphatic rings. The molecule has 1 N–H and O–H groups in total. The summed E-state index contributed by atoms with van der Waals surface area (Å²) in [5, 5.41) is 11.6. The average molecular weight is 372 g/mol. The van der Waals surface area contributed by atoms with Crippen LogP contribution >= 0.6 is 0 Å². The summed E-state index contributed by atoms with van der Waals surface area (Å²) in [5.74, 6) is 6.34. The molecule has 1 aliphatic carbocycles. The third-order valence-corrected chi connectivity index (χ3v) is 4.59. The molecular formula is C24H24N2O2. The van der Waals surface area contributed by atoms with Gasteiger partial charge in [-0.25, -0.2) is 0 Å². The molecular weight excluding hydrogens is 348 g/mol. The van der Waals surface area contributed by atoms with Crippen LogP contribution in [0.2, 0.25) is 0 Å². The predicted octanol–water partition coefficient (Wildman–Crippen LogP) is 3.65. The number of rotatable bonds is 8. The lowest BCUT2D eigenvalue weighted by molar-refractivity contribution is -0.121. The highest BCUT2D eigenvalue weighted by Crippen LogP contribution is 2.22. The van der Waals surface area contributed by atoms with Crippen LogP contribution in [0.5, 0.6) is 0 Å². The number of hydrogen-bond donors (Lipinski definition) is 1. The van der Waals surface area contributed by atoms with Crippen LogP contribution in [0.25, 0.3) is 0 Å². The van der Waals surface area contributed by atoms with Crippen molar-refractivity contribution in [2.24, 2.45) is 5.92 Å². The van der Waals surface area contributed by atoms with Crippen molar-refractivity contribution in [3.63, 3.8) is 0 Å². The molecule has 0 heterocycles. The van der Waals surface area contributed by atoms with Crippen LogP contribution in [-0.2, 0) is 16.0 Å². The zero-order chi connectivity index (χ0) is 20.2. The lowest BCUT2D eigenvalue weighted by atomic mass is 9.92. The Balaban J connectivity index is 2.06. The van der Waals surface area contributed by atoms with E-state index in [-0.39, 0.29) is 11.7 Å². The fourth-order valence-electron chi connectivity index (χ4n) is 2.98. The second-order valence-corrected chi connectivity index (χ2v) is 6.64. The molecule has 0 fully saturated rings. The Labute approximate surface area is 166 Å². The van der Waals surface area contributed by atoms with Crippen LogP contribution in [0.4, 0.5) is 0 Å². The topological polar surface area (TPSA) is 70.0 Å². The van der Waals surface area contributed by atoms with Crippen molar-refractivity contribution in [2.45, 2.75) is 32.6 Å². The molecule has 4 heteroatoms. The molecule has 1 aromatic carbocycles. The van der Waals surface area contributed by atoms with Gasteiger partial charge in [0.25, 0.3) is 0 Å². The molecule has 1 atom stereocenters. The van der Waals surface area contributed by atoms with Gasteiger partial charge in [0.1, 0.15) is 5.78 Å². The zero-order valence-electron chi connectivity index (χ0n) is 16.1. The van der Waals surface area contributed by atoms with Crippen molar-refractivity contribution in [1.82, 2.24) is 5.32 Å². The van der Waals surface area contributed by atoms with Gasteiger partial charge >= 0.3 is 0 Å². The number of carbonyl (C=O) groups excluding carboxylic acids is 2. The van der Waals surface area contributed by atoms with Crippen LogP contribution < -0.4 is 5.32 Å². The standard InChI is InChI=1S/C24H24N2O2/c1-19(28)24(17-26-18-27)14-13-23-11-4-2-3-10-22(23)12-6-8-20-7-5-9-21(15-20)16-25/h2,4-5,7,9-11,15,18,24H,3,8,13-14,17H2,1H3,(H,26,27). The van der Waals surface area contributed by atoms with E-state index in [1.54, 1.807) is 13.0 Å². The van der Waals surface area contributed by atoms with Gasteiger partial charge < -0.3 is 5.32 Å². The minimum absolute atomic E-state index is 0.0769. The van der Waals surface area contributed by atoms with Crippen LogP contribution in [0.1, 0.15) is 37.3 Å². The molecule has 0 aromatic heterocycles. The van der Waals surface area contributed by atoms with E-state index in [0.717, 1.165) is 29.6 Å². The smallest absolute Gasteiger partial charge is 0.207 e. The Bertz CT molecular complexity index is 905. The molecule has 0 bridgehead atoms. The van der Waals surface area contributed by atoms with E-state index >= 15 is 0 Å². The summed E-state index contributed by atoms with van der Waals surface area (Å²) in [4.78, 5) is 22.3. The van der Waals surface area contributed by atoms with Gasteiger partial charge in [0.15, 0.2) is 0 Å². The van der Waals surface area contributed by atoms with Crippen LogP contribution in [0.15, 0.2) is 59.7 Å². The first kappa shape index (κ1) is 20.9. The van der Waals surface area contributed by atoms with Crippen molar-refractivity contribution in [3.8, 4) is 17.9 Å². The first-order valence-electron chi connectivity index (χ1n) is 9.35. The molecule has 0 aliphatic heterocycles. The predicted molar refractivity (Wildman–Crippen MR) is 110 cm³/mol. The fraction of sp³-hybridized carbons (Fsp3) is 0.292. The zero-order valence-corrected chi connectivity index (χ0v) is 16.1. The molecule has 0 spiro atoms. The SMILES string of the molecule is CC(=O)C(CCC1=CC=CCC=C1C#CCc1cccc(C#N)c1)CNC=O. The summed E-state index contributed by atoms with van der Waals surface area (Å²) >= 11 is 0. The third-order valence-electron chi connectivity index (χ3n) is 4.59. The second kappa shape index (κ2) is 11.4. The van der Waals surface area contributed by atoms with Gasteiger partial charge in [-0.05, 0) is 49.5 Å². The Morgan fingerprint density at radius 2 is 2.25 bits per heavy atom. The van der Waals surface area contributed by atoms with Gasteiger partial charge in [-0.15, -0.1) is 0 Å². The Kier molecular flexibility index (Phi) is 8.50. The second-order valence-electron chi connectivity index (χ2n) is 6.64. The van der Waals surface area contributed by atoms with Gasteiger partial charge in [0, 0.05) is 24.5 Å². The Hall–Kier alpha value is -3.37. The Morgan fingerprint density at radius 1 is 1.39 bits per heavy atom. The van der Waals surface area contributed by atoms with Crippen LogP contribution in [-0.4, -0.2) is 18.7 Å². The number of benzene rings is 1. The van der Waals surface area contributed by atoms with Gasteiger partial charge in [-0.3, -0.25) is 9.59 Å². The average Bonchev–Trinajstić information content (AvgIpc) is 2.93. The molecule has 2 rings (SSSR count). The molecule has 28 heavy (non-hydrogen) atoms. The molecule has 4 nitrogen and oxygen atoms in total. The molecule has 1 amide bonds. The van der Waals surface area contributed by atoms with Gasteiger partial charge in [-0.2, -0.15) is 5.26 Å². The maximum absolute atomic E-state index is 11.8. The number of Topliss-reactive ketones (excluding diaryl/α,β-unsaturated/α-hetero) is 1. The van der Waals surface area contributed by atoms with Crippen LogP contribution in [0, 0.1) is 29.1 Å². The van der Waals surface area contributed by atoms with E-state index in [0.29, 0.717) is 31.4 Å². The van der Waals surface area contributed by atoms with E-state index in [1.807, 2.05) is 30.4 Å². The Morgan fingerprint density at radius 3 is 3.00 bits per heavy atom. The van der Waals surface area contributed by atoms with E-state index in [1.165, 1.54) is 0 Å². The summed E-state index contributed by atoms with van der Waals surface area (Å²) in [6, 6.07) is 9.61. The maximum atomic E-state index is 11.8. The normalized spacial score (nSPS) is 13.7. The lowest BCUT2D eigenvalue weighted by Crippen LogP contribution is -2.26. The minimum atomic E-state index is -0.193. The van der Waals surface area contributed by atoms with Crippen LogP contribution in [0.3, 0.4) is 0 Å². The highest BCUT2D eigenvalue weighted by atomic mass is 16.1. The first-order valence-corrected chi connectivity index (χ1v) is 9.35. The fourth-order valence-corrected chi connectivity index (χ4v) is 2.98. The molecule has 0 saturated carbocycles. The molecule has 0 saturated heterocycles. The number of amides is 1. The first-order chi connectivity index (χ1) is 13.6. The van der Waals surface area contributed by atoms with Crippen molar-refractivity contribution < 1.29 is 9.59 Å². The summed E-state index contributed by atoms with van der Waals surface area (Å²) in [6.07, 6.45) is 11.6. The summed E-state index contributed by atoms with van der Waals surface area (Å²) < 4.78 is 0. The number of nitrogens with zero attached hydrogens (tertiary/aromatic N) is 1. The summed E-state index contributed by atoms with van der Waals surface area (Å²) in [5.41, 5.74) is 3.73. The number of nitrogens with one attached hydrogen (secondary N) is 1. The number of carbonyl (C=O) groups is 2. The van der Waals surface area contributed by atoms with Crippen molar-refractivity contribution in [3.05, 3.63) is 70.8 Å². The number of allylic oxidation sites excluding steroid dienone is 6. The monoisotopic (exact) mass is 372 g/mol. The van der Waals surface area contributed by atoms with Crippen molar-refractivity contribution in [1.29, 1.82) is 5.26 Å². The lowest BCUT2D eigenvalue weighted by Gasteiger charge is -2.14. The van der Waals surface area contributed by atoms with Gasteiger partial charge in [0.2, 0.25) is 6.41 Å². The molecule has 1 aromatic rings. The van der Waals surface area contributed by atoms with E-state index in [9.17, 15) is 9.59 Å². The van der Waals surface area contributed by atoms with E-state index in [4.69, 9.17) is 5.26 Å². The molecule has 142 valence electrons. The van der Waals surface area contributed by atoms with Crippen molar-refractivity contribution >= 4 is 12.2 Å². The molecule has 1 unspecified atom stereocenters. The highest BCUT2D eigenvalue weighted by Gasteiger charge is 2.15. The quantitative estimate of drug-likeness (QED) is 0.559. The highest BCUT2D eigenvalue weighted by molar-refractivity contribution is 5.78. The minimum Gasteiger partial charge on any atom is -0.358 e. The summed E-state index contributed by atoms with van der Waals surface area (Å²) in [7, 11) is 0. The molecule has 0 radical (unpaired) electrons.